The van der Waals surface area contributed by atoms with Gasteiger partial charge in [0.15, 0.2) is 5.84 Å². The van der Waals surface area contributed by atoms with Gasteiger partial charge in [-0.15, -0.1) is 0 Å². The van der Waals surface area contributed by atoms with Crippen LogP contribution in [0.4, 0.5) is 5.69 Å². The summed E-state index contributed by atoms with van der Waals surface area (Å²) in [6.45, 7) is 3.46. The number of aromatic nitrogens is 2. The molecule has 1 heterocycles. The van der Waals surface area contributed by atoms with E-state index in [-0.39, 0.29) is 11.7 Å². The maximum absolute atomic E-state index is 12.3. The van der Waals surface area contributed by atoms with E-state index in [0.29, 0.717) is 28.2 Å². The van der Waals surface area contributed by atoms with Crippen molar-refractivity contribution < 1.29 is 10.0 Å². The normalized spacial score (nSPS) is 11.2. The zero-order chi connectivity index (χ0) is 15.4. The number of para-hydroxylation sites is 1. The lowest BCUT2D eigenvalue weighted by Gasteiger charge is -2.11. The molecule has 0 aliphatic rings. The summed E-state index contributed by atoms with van der Waals surface area (Å²) < 4.78 is 0. The highest BCUT2D eigenvalue weighted by atomic mass is 16.4. The molecule has 0 spiro atoms. The summed E-state index contributed by atoms with van der Waals surface area (Å²) in [6, 6.07) is 8.44. The standard InChI is InChI=1S/C14H15N5O2/c1-8-7-11(9(2)18-17-8)14(20)16-12-6-4-3-5-10(12)13(15)19-21/h3-7,21H,1-2H3,(H2,15,19)(H,16,20). The summed E-state index contributed by atoms with van der Waals surface area (Å²) in [4.78, 5) is 12.3. The predicted octanol–water partition coefficient (Wildman–Crippen LogP) is 1.44. The van der Waals surface area contributed by atoms with E-state index in [9.17, 15) is 4.79 Å². The highest BCUT2D eigenvalue weighted by Crippen LogP contribution is 2.16. The minimum Gasteiger partial charge on any atom is -0.409 e. The molecular formula is C14H15N5O2. The van der Waals surface area contributed by atoms with Crippen LogP contribution in [0.15, 0.2) is 35.5 Å². The van der Waals surface area contributed by atoms with Crippen LogP contribution in [-0.2, 0) is 0 Å². The van der Waals surface area contributed by atoms with Crippen molar-refractivity contribution >= 4 is 17.4 Å². The molecule has 1 aromatic heterocycles. The number of oxime groups is 1. The first-order valence-corrected chi connectivity index (χ1v) is 6.22. The van der Waals surface area contributed by atoms with E-state index in [1.165, 1.54) is 0 Å². The lowest BCUT2D eigenvalue weighted by molar-refractivity contribution is 0.102. The molecule has 4 N–H and O–H groups in total. The number of anilines is 1. The molecule has 0 atom stereocenters. The van der Waals surface area contributed by atoms with Crippen LogP contribution in [0.25, 0.3) is 0 Å². The third kappa shape index (κ3) is 3.14. The summed E-state index contributed by atoms with van der Waals surface area (Å²) in [5.74, 6) is -0.407. The van der Waals surface area contributed by atoms with Gasteiger partial charge in [0, 0.05) is 5.56 Å². The molecule has 0 unspecified atom stereocenters. The largest absolute Gasteiger partial charge is 0.409 e. The second kappa shape index (κ2) is 6.00. The number of benzene rings is 1. The predicted molar refractivity (Wildman–Crippen MR) is 78.4 cm³/mol. The van der Waals surface area contributed by atoms with Crippen molar-refractivity contribution in [1.29, 1.82) is 0 Å². The Morgan fingerprint density at radius 2 is 1.95 bits per heavy atom. The third-order valence-electron chi connectivity index (χ3n) is 2.90. The molecular weight excluding hydrogens is 270 g/mol. The smallest absolute Gasteiger partial charge is 0.257 e. The van der Waals surface area contributed by atoms with Gasteiger partial charge in [-0.1, -0.05) is 17.3 Å². The van der Waals surface area contributed by atoms with Crippen molar-refractivity contribution in [3.05, 3.63) is 52.8 Å². The Hall–Kier alpha value is -2.96. The molecule has 0 radical (unpaired) electrons. The van der Waals surface area contributed by atoms with Gasteiger partial charge in [-0.3, -0.25) is 4.79 Å². The van der Waals surface area contributed by atoms with Crippen molar-refractivity contribution in [3.8, 4) is 0 Å². The van der Waals surface area contributed by atoms with E-state index >= 15 is 0 Å². The van der Waals surface area contributed by atoms with E-state index in [2.05, 4.69) is 20.7 Å². The first-order chi connectivity index (χ1) is 10.0. The summed E-state index contributed by atoms with van der Waals surface area (Å²) in [5, 5.41) is 22.3. The average Bonchev–Trinajstić information content (AvgIpc) is 2.49. The van der Waals surface area contributed by atoms with Crippen LogP contribution in [0.5, 0.6) is 0 Å². The molecule has 0 aliphatic carbocycles. The molecule has 0 saturated heterocycles. The number of nitrogens with two attached hydrogens (primary N) is 1. The molecule has 1 aromatic carbocycles. The number of rotatable bonds is 3. The lowest BCUT2D eigenvalue weighted by atomic mass is 10.1. The maximum Gasteiger partial charge on any atom is 0.257 e. The zero-order valence-corrected chi connectivity index (χ0v) is 11.7. The number of aryl methyl sites for hydroxylation is 2. The van der Waals surface area contributed by atoms with Crippen LogP contribution in [0, 0.1) is 13.8 Å². The molecule has 21 heavy (non-hydrogen) atoms. The molecule has 0 bridgehead atoms. The topological polar surface area (TPSA) is 113 Å². The van der Waals surface area contributed by atoms with Crippen molar-refractivity contribution in [2.24, 2.45) is 10.9 Å². The van der Waals surface area contributed by atoms with Crippen molar-refractivity contribution in [1.82, 2.24) is 10.2 Å². The Morgan fingerprint density at radius 3 is 2.67 bits per heavy atom. The number of hydrogen-bond donors (Lipinski definition) is 3. The fourth-order valence-electron chi connectivity index (χ4n) is 1.84. The van der Waals surface area contributed by atoms with Gasteiger partial charge in [-0.05, 0) is 32.0 Å². The Labute approximate surface area is 121 Å². The minimum atomic E-state index is -0.330. The number of nitrogens with one attached hydrogen (secondary N) is 1. The van der Waals surface area contributed by atoms with Gasteiger partial charge in [0.1, 0.15) is 0 Å². The molecule has 108 valence electrons. The number of carbonyl (C=O) groups is 1. The highest BCUT2D eigenvalue weighted by molar-refractivity contribution is 6.10. The van der Waals surface area contributed by atoms with E-state index in [4.69, 9.17) is 10.9 Å². The number of hydrogen-bond acceptors (Lipinski definition) is 5. The minimum absolute atomic E-state index is 0.0772. The molecule has 0 saturated carbocycles. The first-order valence-electron chi connectivity index (χ1n) is 6.22. The fraction of sp³-hybridized carbons (Fsp3) is 0.143. The monoisotopic (exact) mass is 285 g/mol. The fourth-order valence-corrected chi connectivity index (χ4v) is 1.84. The van der Waals surface area contributed by atoms with E-state index < -0.39 is 0 Å². The summed E-state index contributed by atoms with van der Waals surface area (Å²) in [5.41, 5.74) is 8.08. The second-order valence-electron chi connectivity index (χ2n) is 4.47. The average molecular weight is 285 g/mol. The van der Waals surface area contributed by atoms with Gasteiger partial charge in [-0.25, -0.2) is 0 Å². The summed E-state index contributed by atoms with van der Waals surface area (Å²) >= 11 is 0. The number of amides is 1. The summed E-state index contributed by atoms with van der Waals surface area (Å²) in [7, 11) is 0. The SMILES string of the molecule is Cc1cc(C(=O)Nc2ccccc2/C(N)=N/O)c(C)nn1. The van der Waals surface area contributed by atoms with Crippen LogP contribution < -0.4 is 11.1 Å². The van der Waals surface area contributed by atoms with Crippen LogP contribution in [0.1, 0.15) is 27.3 Å². The van der Waals surface area contributed by atoms with Crippen molar-refractivity contribution in [3.63, 3.8) is 0 Å². The maximum atomic E-state index is 12.3. The molecule has 0 aliphatic heterocycles. The molecule has 1 amide bonds. The number of nitrogens with zero attached hydrogens (tertiary/aromatic N) is 3. The van der Waals surface area contributed by atoms with Gasteiger partial charge in [0.2, 0.25) is 0 Å². The summed E-state index contributed by atoms with van der Waals surface area (Å²) in [6.07, 6.45) is 0. The van der Waals surface area contributed by atoms with Crippen LogP contribution >= 0.6 is 0 Å². The van der Waals surface area contributed by atoms with Crippen molar-refractivity contribution in [2.45, 2.75) is 13.8 Å². The van der Waals surface area contributed by atoms with E-state index in [1.54, 1.807) is 44.2 Å². The molecule has 2 rings (SSSR count). The van der Waals surface area contributed by atoms with Crippen LogP contribution in [-0.4, -0.2) is 27.1 Å². The van der Waals surface area contributed by atoms with Crippen molar-refractivity contribution in [2.75, 3.05) is 5.32 Å². The highest BCUT2D eigenvalue weighted by Gasteiger charge is 2.14. The molecule has 2 aromatic rings. The zero-order valence-electron chi connectivity index (χ0n) is 11.7. The molecule has 7 heteroatoms. The second-order valence-corrected chi connectivity index (χ2v) is 4.47. The van der Waals surface area contributed by atoms with E-state index in [1.807, 2.05) is 0 Å². The van der Waals surface area contributed by atoms with Crippen LogP contribution in [0.3, 0.4) is 0 Å². The Bertz CT molecular complexity index is 712. The van der Waals surface area contributed by atoms with Crippen LogP contribution in [0.2, 0.25) is 0 Å². The Balaban J connectivity index is 2.34. The van der Waals surface area contributed by atoms with Gasteiger partial charge < -0.3 is 16.3 Å². The van der Waals surface area contributed by atoms with Gasteiger partial charge >= 0.3 is 0 Å². The van der Waals surface area contributed by atoms with Gasteiger partial charge in [-0.2, -0.15) is 10.2 Å². The Morgan fingerprint density at radius 1 is 1.24 bits per heavy atom. The third-order valence-corrected chi connectivity index (χ3v) is 2.90. The molecule has 7 nitrogen and oxygen atoms in total. The lowest BCUT2D eigenvalue weighted by Crippen LogP contribution is -2.20. The number of carbonyl (C=O) groups excluding carboxylic acids is 1. The quantitative estimate of drug-likeness (QED) is 0.342. The molecule has 0 fully saturated rings. The Kier molecular flexibility index (Phi) is 4.13. The van der Waals surface area contributed by atoms with Gasteiger partial charge in [0.25, 0.3) is 5.91 Å². The number of amidine groups is 1. The van der Waals surface area contributed by atoms with Gasteiger partial charge in [0.05, 0.1) is 22.6 Å². The first kappa shape index (κ1) is 14.4. The van der Waals surface area contributed by atoms with E-state index in [0.717, 1.165) is 0 Å².